The summed E-state index contributed by atoms with van der Waals surface area (Å²) in [6.45, 7) is 38.3. The molecule has 4 rings (SSSR count). The first-order chi connectivity index (χ1) is 20.5. The molecule has 264 valence electrons. The van der Waals surface area contributed by atoms with E-state index in [4.69, 9.17) is 0 Å². The Morgan fingerprint density at radius 1 is 0.532 bits per heavy atom. The van der Waals surface area contributed by atoms with Crippen LogP contribution in [0.25, 0.3) is 33.2 Å². The molecular formula is C43H72N4. The van der Waals surface area contributed by atoms with Gasteiger partial charge in [-0.1, -0.05) is 99.5 Å². The monoisotopic (exact) mass is 645 g/mol. The lowest BCUT2D eigenvalue weighted by Crippen LogP contribution is -2.36. The minimum absolute atomic E-state index is 0. The Kier molecular flexibility index (Phi) is 20.2. The molecule has 0 amide bonds. The Bertz CT molecular complexity index is 1450. The van der Waals surface area contributed by atoms with Gasteiger partial charge in [0.1, 0.15) is 0 Å². The summed E-state index contributed by atoms with van der Waals surface area (Å²) in [5, 5.41) is 2.36. The van der Waals surface area contributed by atoms with E-state index >= 15 is 0 Å². The van der Waals surface area contributed by atoms with Gasteiger partial charge in [-0.05, 0) is 92.5 Å². The third kappa shape index (κ3) is 11.2. The van der Waals surface area contributed by atoms with Crippen LogP contribution in [0.15, 0.2) is 61.7 Å². The molecule has 4 aromatic rings. The van der Waals surface area contributed by atoms with Gasteiger partial charge in [-0.25, -0.2) is 0 Å². The molecule has 4 heteroatoms. The maximum Gasteiger partial charge on any atom is 0.0712 e. The first-order valence-corrected chi connectivity index (χ1v) is 16.0. The second-order valence-corrected chi connectivity index (χ2v) is 12.8. The van der Waals surface area contributed by atoms with E-state index < -0.39 is 0 Å². The molecule has 0 aliphatic rings. The van der Waals surface area contributed by atoms with Crippen LogP contribution in [0.5, 0.6) is 0 Å². The van der Waals surface area contributed by atoms with Crippen molar-refractivity contribution < 1.29 is 0 Å². The lowest BCUT2D eigenvalue weighted by Gasteiger charge is -2.36. The average Bonchev–Trinajstić information content (AvgIpc) is 2.98. The van der Waals surface area contributed by atoms with Gasteiger partial charge in [0, 0.05) is 69.9 Å². The molecule has 0 N–H and O–H groups in total. The van der Waals surface area contributed by atoms with Gasteiger partial charge >= 0.3 is 0 Å². The number of rotatable bonds is 4. The van der Waals surface area contributed by atoms with E-state index in [1.807, 2.05) is 39.8 Å². The number of para-hydroxylation sites is 2. The zero-order valence-electron chi connectivity index (χ0n) is 30.8. The van der Waals surface area contributed by atoms with Crippen LogP contribution in [-0.4, -0.2) is 44.9 Å². The van der Waals surface area contributed by atoms with Gasteiger partial charge in [-0.3, -0.25) is 9.97 Å². The van der Waals surface area contributed by atoms with E-state index in [-0.39, 0.29) is 33.4 Å². The van der Waals surface area contributed by atoms with E-state index in [1.165, 1.54) is 33.0 Å². The highest BCUT2D eigenvalue weighted by atomic mass is 15.2. The van der Waals surface area contributed by atoms with Crippen molar-refractivity contribution in [3.63, 3.8) is 0 Å². The highest BCUT2D eigenvalue weighted by molar-refractivity contribution is 5.93. The van der Waals surface area contributed by atoms with Gasteiger partial charge in [-0.15, -0.1) is 0 Å². The Morgan fingerprint density at radius 2 is 0.787 bits per heavy atom. The Labute approximate surface area is 292 Å². The molecule has 0 fully saturated rings. The molecule has 0 saturated carbocycles. The summed E-state index contributed by atoms with van der Waals surface area (Å²) in [6, 6.07) is 16.6. The summed E-state index contributed by atoms with van der Waals surface area (Å²) < 4.78 is 0. The molecule has 0 radical (unpaired) electrons. The lowest BCUT2D eigenvalue weighted by molar-refractivity contribution is 0.266. The predicted molar refractivity (Wildman–Crippen MR) is 218 cm³/mol. The number of hydrogen-bond acceptors (Lipinski definition) is 4. The van der Waals surface area contributed by atoms with Gasteiger partial charge in [0.2, 0.25) is 0 Å². The highest BCUT2D eigenvalue weighted by Gasteiger charge is 2.23. The normalized spacial score (nSPS) is 10.2. The SMILES string of the molecule is C.C.C.C=C(c1c(C)c(C)nc2ccccc12)N(C)C(C)(C)C.C=C(c1c(C)c(C)nc2ccccc12)N(C)C(C)(C)C.CC.CC. The lowest BCUT2D eigenvalue weighted by atomic mass is 9.96. The summed E-state index contributed by atoms with van der Waals surface area (Å²) in [5.41, 5.74) is 11.3. The van der Waals surface area contributed by atoms with Crippen LogP contribution in [-0.2, 0) is 0 Å². The Hall–Kier alpha value is -3.66. The van der Waals surface area contributed by atoms with Crippen molar-refractivity contribution >= 4 is 33.2 Å². The quantitative estimate of drug-likeness (QED) is 0.221. The first kappa shape index (κ1) is 47.7. The fraction of sp³-hybridized carbons (Fsp3) is 0.488. The molecule has 0 unspecified atom stereocenters. The molecule has 0 aliphatic carbocycles. The summed E-state index contributed by atoms with van der Waals surface area (Å²) in [7, 11) is 4.21. The van der Waals surface area contributed by atoms with Crippen LogP contribution in [0.1, 0.15) is 125 Å². The smallest absolute Gasteiger partial charge is 0.0712 e. The van der Waals surface area contributed by atoms with E-state index in [9.17, 15) is 0 Å². The minimum atomic E-state index is 0. The third-order valence-corrected chi connectivity index (χ3v) is 8.16. The van der Waals surface area contributed by atoms with Crippen LogP contribution in [0.2, 0.25) is 0 Å². The van der Waals surface area contributed by atoms with Gasteiger partial charge in [0.25, 0.3) is 0 Å². The molecule has 2 heterocycles. The zero-order valence-corrected chi connectivity index (χ0v) is 30.8. The van der Waals surface area contributed by atoms with Crippen LogP contribution in [0, 0.1) is 27.7 Å². The van der Waals surface area contributed by atoms with Crippen LogP contribution < -0.4 is 0 Å². The molecule has 0 aliphatic heterocycles. The standard InChI is InChI=1S/2C18H24N2.2C2H6.3CH4/c2*1-12-13(2)19-16-11-9-8-10-15(16)17(12)14(3)20(7)18(4,5)6;2*1-2;;;/h2*8-11H,3H2,1-2,4-7H3;2*1-2H3;3*1H4. The molecule has 0 atom stereocenters. The van der Waals surface area contributed by atoms with E-state index in [2.05, 4.69) is 153 Å². The maximum atomic E-state index is 4.68. The number of aryl methyl sites for hydroxylation is 2. The Morgan fingerprint density at radius 3 is 1.04 bits per heavy atom. The number of benzene rings is 2. The summed E-state index contributed by atoms with van der Waals surface area (Å²) in [4.78, 5) is 13.8. The minimum Gasteiger partial charge on any atom is -0.370 e. The van der Waals surface area contributed by atoms with Gasteiger partial charge in [0.05, 0.1) is 11.0 Å². The number of hydrogen-bond donors (Lipinski definition) is 0. The van der Waals surface area contributed by atoms with Crippen molar-refractivity contribution in [3.05, 3.63) is 95.3 Å². The third-order valence-electron chi connectivity index (χ3n) is 8.16. The van der Waals surface area contributed by atoms with Crippen LogP contribution in [0.4, 0.5) is 0 Å². The molecule has 0 spiro atoms. The Balaban J connectivity index is -0.000000704. The number of fused-ring (bicyclic) bond motifs is 2. The zero-order chi connectivity index (χ0) is 34.2. The summed E-state index contributed by atoms with van der Waals surface area (Å²) >= 11 is 0. The number of aromatic nitrogens is 2. The topological polar surface area (TPSA) is 32.3 Å². The molecule has 4 nitrogen and oxygen atoms in total. The number of pyridine rings is 2. The molecule has 2 aromatic carbocycles. The van der Waals surface area contributed by atoms with Crippen molar-refractivity contribution in [1.29, 1.82) is 0 Å². The van der Waals surface area contributed by atoms with Crippen molar-refractivity contribution in [2.24, 2.45) is 0 Å². The molecule has 0 saturated heterocycles. The molecule has 0 bridgehead atoms. The van der Waals surface area contributed by atoms with Gasteiger partial charge in [-0.2, -0.15) is 0 Å². The van der Waals surface area contributed by atoms with Crippen LogP contribution >= 0.6 is 0 Å². The van der Waals surface area contributed by atoms with Gasteiger partial charge < -0.3 is 9.80 Å². The molecule has 2 aromatic heterocycles. The van der Waals surface area contributed by atoms with E-state index in [1.54, 1.807) is 0 Å². The van der Waals surface area contributed by atoms with E-state index in [0.29, 0.717) is 0 Å². The summed E-state index contributed by atoms with van der Waals surface area (Å²) in [5.74, 6) is 0. The summed E-state index contributed by atoms with van der Waals surface area (Å²) in [6.07, 6.45) is 0. The van der Waals surface area contributed by atoms with Crippen molar-refractivity contribution in [2.75, 3.05) is 14.1 Å². The largest absolute Gasteiger partial charge is 0.370 e. The van der Waals surface area contributed by atoms with Crippen LogP contribution in [0.3, 0.4) is 0 Å². The average molecular weight is 645 g/mol. The number of nitrogens with zero attached hydrogens (tertiary/aromatic N) is 4. The first-order valence-electron chi connectivity index (χ1n) is 16.0. The predicted octanol–water partition coefficient (Wildman–Crippen LogP) is 13.1. The van der Waals surface area contributed by atoms with Crippen molar-refractivity contribution in [1.82, 2.24) is 19.8 Å². The van der Waals surface area contributed by atoms with Crippen molar-refractivity contribution in [2.45, 2.75) is 130 Å². The molecular weight excluding hydrogens is 573 g/mol. The van der Waals surface area contributed by atoms with Crippen molar-refractivity contribution in [3.8, 4) is 0 Å². The second kappa shape index (κ2) is 19.9. The fourth-order valence-electron chi connectivity index (χ4n) is 4.75. The van der Waals surface area contributed by atoms with E-state index in [0.717, 1.165) is 33.8 Å². The fourth-order valence-corrected chi connectivity index (χ4v) is 4.75. The molecule has 47 heavy (non-hydrogen) atoms. The maximum absolute atomic E-state index is 4.68. The highest BCUT2D eigenvalue weighted by Crippen LogP contribution is 2.34. The van der Waals surface area contributed by atoms with Gasteiger partial charge in [0.15, 0.2) is 0 Å². The second-order valence-electron chi connectivity index (χ2n) is 12.8.